The van der Waals surface area contributed by atoms with E-state index in [0.29, 0.717) is 28.4 Å². The summed E-state index contributed by atoms with van der Waals surface area (Å²) in [6.07, 6.45) is 2.31. The molecule has 0 spiro atoms. The van der Waals surface area contributed by atoms with Gasteiger partial charge in [-0.25, -0.2) is 0 Å². The number of carbonyl (C=O) groups excluding carboxylic acids is 2. The molecular weight excluding hydrogens is 360 g/mol. The monoisotopic (exact) mass is 380 g/mol. The number of rotatable bonds is 6. The van der Waals surface area contributed by atoms with Gasteiger partial charge in [-0.15, -0.1) is 0 Å². The van der Waals surface area contributed by atoms with E-state index in [9.17, 15) is 9.59 Å². The summed E-state index contributed by atoms with van der Waals surface area (Å²) in [5.74, 6) is -0.249. The highest BCUT2D eigenvalue weighted by atomic mass is 35.5. The van der Waals surface area contributed by atoms with Gasteiger partial charge in [0, 0.05) is 33.8 Å². The van der Waals surface area contributed by atoms with Crippen LogP contribution in [0.15, 0.2) is 60.7 Å². The zero-order valence-electron chi connectivity index (χ0n) is 15.1. The summed E-state index contributed by atoms with van der Waals surface area (Å²) in [5, 5.41) is 8.00. The number of unbranched alkanes of at least 4 members (excludes halogenated alkanes) is 1. The maximum absolute atomic E-state index is 12.8. The molecule has 2 amide bonds. The van der Waals surface area contributed by atoms with Crippen LogP contribution in [0.3, 0.4) is 0 Å². The standard InChI is InChI=1S/C22H21ClN2O2/c1-2-3-13-21(26)24-15-7-4-8-16(14-15)25-22(27)19-11-5-10-18-17(19)9-6-12-20(18)23/h4-12,14H,2-3,13H2,1H3,(H,24,26)(H,25,27). The van der Waals surface area contributed by atoms with E-state index >= 15 is 0 Å². The van der Waals surface area contributed by atoms with Gasteiger partial charge in [-0.05, 0) is 42.1 Å². The van der Waals surface area contributed by atoms with Crippen molar-refractivity contribution in [1.82, 2.24) is 0 Å². The number of halogens is 1. The van der Waals surface area contributed by atoms with Gasteiger partial charge in [0.1, 0.15) is 0 Å². The second-order valence-corrected chi connectivity index (χ2v) is 6.73. The van der Waals surface area contributed by atoms with Crippen molar-refractivity contribution in [2.24, 2.45) is 0 Å². The molecule has 4 nitrogen and oxygen atoms in total. The average molecular weight is 381 g/mol. The lowest BCUT2D eigenvalue weighted by atomic mass is 10.0. The number of amides is 2. The van der Waals surface area contributed by atoms with Crippen molar-refractivity contribution in [1.29, 1.82) is 0 Å². The molecule has 3 aromatic rings. The Morgan fingerprint density at radius 3 is 2.33 bits per heavy atom. The number of fused-ring (bicyclic) bond motifs is 1. The third-order valence-electron chi connectivity index (χ3n) is 4.28. The van der Waals surface area contributed by atoms with Crippen molar-refractivity contribution in [3.8, 4) is 0 Å². The summed E-state index contributed by atoms with van der Waals surface area (Å²) >= 11 is 6.23. The predicted molar refractivity (Wildman–Crippen MR) is 112 cm³/mol. The smallest absolute Gasteiger partial charge is 0.256 e. The van der Waals surface area contributed by atoms with E-state index in [1.807, 2.05) is 31.2 Å². The van der Waals surface area contributed by atoms with E-state index in [0.717, 1.165) is 23.6 Å². The highest BCUT2D eigenvalue weighted by molar-refractivity contribution is 6.36. The first kappa shape index (κ1) is 18.9. The number of carbonyl (C=O) groups is 2. The minimum absolute atomic E-state index is 0.0241. The van der Waals surface area contributed by atoms with E-state index in [1.165, 1.54) is 0 Å². The molecule has 0 fully saturated rings. The van der Waals surface area contributed by atoms with Crippen LogP contribution in [0.4, 0.5) is 11.4 Å². The minimum atomic E-state index is -0.225. The fourth-order valence-electron chi connectivity index (χ4n) is 2.90. The Morgan fingerprint density at radius 1 is 0.889 bits per heavy atom. The molecule has 2 N–H and O–H groups in total. The molecule has 0 aliphatic carbocycles. The van der Waals surface area contributed by atoms with E-state index < -0.39 is 0 Å². The van der Waals surface area contributed by atoms with E-state index in [-0.39, 0.29) is 11.8 Å². The first-order valence-corrected chi connectivity index (χ1v) is 9.35. The first-order valence-electron chi connectivity index (χ1n) is 8.97. The molecule has 138 valence electrons. The molecule has 0 bridgehead atoms. The van der Waals surface area contributed by atoms with Crippen molar-refractivity contribution in [3.05, 3.63) is 71.2 Å². The molecule has 27 heavy (non-hydrogen) atoms. The van der Waals surface area contributed by atoms with Gasteiger partial charge in [-0.2, -0.15) is 0 Å². The Labute approximate surface area is 163 Å². The summed E-state index contributed by atoms with van der Waals surface area (Å²) in [5.41, 5.74) is 1.83. The summed E-state index contributed by atoms with van der Waals surface area (Å²) in [4.78, 5) is 24.7. The molecule has 0 radical (unpaired) electrons. The molecule has 5 heteroatoms. The fourth-order valence-corrected chi connectivity index (χ4v) is 3.14. The highest BCUT2D eigenvalue weighted by Crippen LogP contribution is 2.26. The normalized spacial score (nSPS) is 10.6. The summed E-state index contributed by atoms with van der Waals surface area (Å²) in [6.45, 7) is 2.05. The van der Waals surface area contributed by atoms with Crippen LogP contribution in [0.25, 0.3) is 10.8 Å². The Bertz CT molecular complexity index is 985. The first-order chi connectivity index (χ1) is 13.1. The van der Waals surface area contributed by atoms with Gasteiger partial charge in [0.05, 0.1) is 0 Å². The summed E-state index contributed by atoms with van der Waals surface area (Å²) in [7, 11) is 0. The molecule has 0 heterocycles. The lowest BCUT2D eigenvalue weighted by Gasteiger charge is -2.11. The number of benzene rings is 3. The van der Waals surface area contributed by atoms with E-state index in [1.54, 1.807) is 36.4 Å². The molecule has 0 aliphatic rings. The molecular formula is C22H21ClN2O2. The Balaban J connectivity index is 1.78. The minimum Gasteiger partial charge on any atom is -0.326 e. The maximum Gasteiger partial charge on any atom is 0.256 e. The molecule has 3 aromatic carbocycles. The fraction of sp³-hybridized carbons (Fsp3) is 0.182. The van der Waals surface area contributed by atoms with Gasteiger partial charge < -0.3 is 10.6 Å². The van der Waals surface area contributed by atoms with Gasteiger partial charge in [0.15, 0.2) is 0 Å². The van der Waals surface area contributed by atoms with Gasteiger partial charge in [0.2, 0.25) is 5.91 Å². The van der Waals surface area contributed by atoms with Gasteiger partial charge >= 0.3 is 0 Å². The van der Waals surface area contributed by atoms with Crippen LogP contribution in [-0.2, 0) is 4.79 Å². The number of anilines is 2. The van der Waals surface area contributed by atoms with Gasteiger partial charge in [0.25, 0.3) is 5.91 Å². The second kappa shape index (κ2) is 8.69. The number of hydrogen-bond acceptors (Lipinski definition) is 2. The molecule has 0 saturated heterocycles. The van der Waals surface area contributed by atoms with Crippen molar-refractivity contribution in [2.75, 3.05) is 10.6 Å². The van der Waals surface area contributed by atoms with Crippen LogP contribution >= 0.6 is 11.6 Å². The van der Waals surface area contributed by atoms with Crippen LogP contribution < -0.4 is 10.6 Å². The summed E-state index contributed by atoms with van der Waals surface area (Å²) < 4.78 is 0. The van der Waals surface area contributed by atoms with Crippen molar-refractivity contribution < 1.29 is 9.59 Å². The van der Waals surface area contributed by atoms with Crippen LogP contribution in [0, 0.1) is 0 Å². The molecule has 0 aliphatic heterocycles. The quantitative estimate of drug-likeness (QED) is 0.561. The third kappa shape index (κ3) is 4.66. The molecule has 0 atom stereocenters. The number of nitrogens with one attached hydrogen (secondary N) is 2. The van der Waals surface area contributed by atoms with Crippen molar-refractivity contribution >= 4 is 45.6 Å². The largest absolute Gasteiger partial charge is 0.326 e. The zero-order chi connectivity index (χ0) is 19.2. The van der Waals surface area contributed by atoms with Gasteiger partial charge in [-0.1, -0.05) is 55.3 Å². The maximum atomic E-state index is 12.8. The lowest BCUT2D eigenvalue weighted by Crippen LogP contribution is -2.14. The van der Waals surface area contributed by atoms with E-state index in [2.05, 4.69) is 10.6 Å². The zero-order valence-corrected chi connectivity index (χ0v) is 15.8. The van der Waals surface area contributed by atoms with Crippen LogP contribution in [0.1, 0.15) is 36.5 Å². The second-order valence-electron chi connectivity index (χ2n) is 6.33. The Hall–Kier alpha value is -2.85. The van der Waals surface area contributed by atoms with Crippen molar-refractivity contribution in [2.45, 2.75) is 26.2 Å². The molecule has 3 rings (SSSR count). The number of hydrogen-bond donors (Lipinski definition) is 2. The van der Waals surface area contributed by atoms with E-state index in [4.69, 9.17) is 11.6 Å². The molecule has 0 saturated carbocycles. The van der Waals surface area contributed by atoms with Gasteiger partial charge in [-0.3, -0.25) is 9.59 Å². The predicted octanol–water partition coefficient (Wildman–Crippen LogP) is 5.87. The molecule has 0 aromatic heterocycles. The van der Waals surface area contributed by atoms with Crippen LogP contribution in [-0.4, -0.2) is 11.8 Å². The van der Waals surface area contributed by atoms with Crippen molar-refractivity contribution in [3.63, 3.8) is 0 Å². The van der Waals surface area contributed by atoms with Crippen LogP contribution in [0.2, 0.25) is 5.02 Å². The highest BCUT2D eigenvalue weighted by Gasteiger charge is 2.12. The average Bonchev–Trinajstić information content (AvgIpc) is 2.66. The topological polar surface area (TPSA) is 58.2 Å². The van der Waals surface area contributed by atoms with Crippen LogP contribution in [0.5, 0.6) is 0 Å². The summed E-state index contributed by atoms with van der Waals surface area (Å²) in [6, 6.07) is 18.1. The SMILES string of the molecule is CCCCC(=O)Nc1cccc(NC(=O)c2cccc3c(Cl)cccc23)c1. The Morgan fingerprint density at radius 2 is 1.56 bits per heavy atom. The third-order valence-corrected chi connectivity index (χ3v) is 4.60. The Kier molecular flexibility index (Phi) is 6.09. The molecule has 0 unspecified atom stereocenters. The lowest BCUT2D eigenvalue weighted by molar-refractivity contribution is -0.116.